The van der Waals surface area contributed by atoms with Crippen LogP contribution in [0.5, 0.6) is 0 Å². The summed E-state index contributed by atoms with van der Waals surface area (Å²) in [5, 5.41) is 5.39. The highest BCUT2D eigenvalue weighted by atomic mass is 32.1. The number of nitrogens with one attached hydrogen (secondary N) is 1. The summed E-state index contributed by atoms with van der Waals surface area (Å²) in [5.41, 5.74) is 2.43. The molecular weight excluding hydrogens is 348 g/mol. The van der Waals surface area contributed by atoms with Gasteiger partial charge in [0, 0.05) is 24.0 Å². The van der Waals surface area contributed by atoms with Crippen molar-refractivity contribution in [3.63, 3.8) is 0 Å². The first-order valence-corrected chi connectivity index (χ1v) is 9.28. The number of nitrogens with zero attached hydrogens (tertiary/aromatic N) is 3. The van der Waals surface area contributed by atoms with Gasteiger partial charge in [0.15, 0.2) is 0 Å². The molecule has 4 rings (SSSR count). The number of carbonyl (C=O) groups excluding carboxylic acids is 1. The third-order valence-corrected chi connectivity index (χ3v) is 5.01. The van der Waals surface area contributed by atoms with Crippen LogP contribution in [0.15, 0.2) is 54.0 Å². The Morgan fingerprint density at radius 1 is 1.12 bits per heavy atom. The molecule has 3 heterocycles. The Kier molecular flexibility index (Phi) is 4.90. The van der Waals surface area contributed by atoms with Gasteiger partial charge >= 0.3 is 0 Å². The molecule has 0 spiro atoms. The first-order chi connectivity index (χ1) is 12.8. The number of aromatic nitrogens is 2. The van der Waals surface area contributed by atoms with Gasteiger partial charge in [-0.25, -0.2) is 9.97 Å². The molecule has 1 aliphatic rings. The molecule has 3 aromatic rings. The molecule has 0 aliphatic carbocycles. The minimum atomic E-state index is -0.255. The monoisotopic (exact) mass is 366 g/mol. The van der Waals surface area contributed by atoms with Crippen LogP contribution >= 0.6 is 11.3 Å². The highest BCUT2D eigenvalue weighted by molar-refractivity contribution is 7.13. The van der Waals surface area contributed by atoms with E-state index in [0.29, 0.717) is 11.5 Å². The van der Waals surface area contributed by atoms with E-state index >= 15 is 0 Å². The number of anilines is 2. The molecule has 1 aliphatic heterocycles. The number of ether oxygens (including phenoxy) is 1. The molecule has 1 amide bonds. The van der Waals surface area contributed by atoms with E-state index in [1.54, 1.807) is 11.6 Å². The minimum Gasteiger partial charge on any atom is -0.378 e. The molecule has 0 saturated carbocycles. The maximum Gasteiger partial charge on any atom is 0.276 e. The Bertz CT molecular complexity index is 874. The molecule has 7 heteroatoms. The zero-order valence-corrected chi connectivity index (χ0v) is 14.9. The van der Waals surface area contributed by atoms with E-state index in [1.165, 1.54) is 11.3 Å². The van der Waals surface area contributed by atoms with E-state index in [2.05, 4.69) is 20.2 Å². The number of benzene rings is 1. The van der Waals surface area contributed by atoms with Gasteiger partial charge in [0.05, 0.1) is 25.1 Å². The molecular formula is C19H18N4O2S. The Labute approximate surface area is 155 Å². The fraction of sp³-hybridized carbons (Fsp3) is 0.211. The number of thiazole rings is 1. The molecule has 0 unspecified atom stereocenters. The van der Waals surface area contributed by atoms with Gasteiger partial charge in [0.1, 0.15) is 16.5 Å². The van der Waals surface area contributed by atoms with Crippen LogP contribution in [-0.4, -0.2) is 42.2 Å². The van der Waals surface area contributed by atoms with Gasteiger partial charge in [-0.2, -0.15) is 0 Å². The predicted molar refractivity (Wildman–Crippen MR) is 103 cm³/mol. The quantitative estimate of drug-likeness (QED) is 0.767. The second-order valence-electron chi connectivity index (χ2n) is 5.86. The standard InChI is InChI=1S/C19H18N4O2S/c24-18(16-13-26-19(21-16)14-4-2-1-3-5-14)22-17-7-6-15(12-20-17)23-8-10-25-11-9-23/h1-7,12-13H,8-11H2,(H,20,22,24). The van der Waals surface area contributed by atoms with Crippen LogP contribution in [0, 0.1) is 0 Å². The molecule has 0 atom stereocenters. The number of morpholine rings is 1. The number of amides is 1. The average molecular weight is 366 g/mol. The Morgan fingerprint density at radius 3 is 2.65 bits per heavy atom. The van der Waals surface area contributed by atoms with Crippen molar-refractivity contribution in [1.29, 1.82) is 0 Å². The SMILES string of the molecule is O=C(Nc1ccc(N2CCOCC2)cn1)c1csc(-c2ccccc2)n1. The van der Waals surface area contributed by atoms with Gasteiger partial charge < -0.3 is 15.0 Å². The van der Waals surface area contributed by atoms with Crippen molar-refractivity contribution < 1.29 is 9.53 Å². The molecule has 6 nitrogen and oxygen atoms in total. The predicted octanol–water partition coefficient (Wildman–Crippen LogP) is 3.29. The van der Waals surface area contributed by atoms with Crippen molar-refractivity contribution in [2.24, 2.45) is 0 Å². The lowest BCUT2D eigenvalue weighted by Gasteiger charge is -2.28. The zero-order chi connectivity index (χ0) is 17.8. The Balaban J connectivity index is 1.42. The maximum absolute atomic E-state index is 12.4. The fourth-order valence-electron chi connectivity index (χ4n) is 2.74. The van der Waals surface area contributed by atoms with E-state index < -0.39 is 0 Å². The molecule has 2 aromatic heterocycles. The number of rotatable bonds is 4. The zero-order valence-electron chi connectivity index (χ0n) is 14.1. The molecule has 0 radical (unpaired) electrons. The summed E-state index contributed by atoms with van der Waals surface area (Å²) < 4.78 is 5.36. The molecule has 132 valence electrons. The fourth-order valence-corrected chi connectivity index (χ4v) is 3.55. The molecule has 0 bridgehead atoms. The average Bonchev–Trinajstić information content (AvgIpc) is 3.20. The largest absolute Gasteiger partial charge is 0.378 e. The summed E-state index contributed by atoms with van der Waals surface area (Å²) in [5.74, 6) is 0.260. The van der Waals surface area contributed by atoms with Crippen LogP contribution in [0.25, 0.3) is 10.6 Å². The van der Waals surface area contributed by atoms with Gasteiger partial charge in [-0.15, -0.1) is 11.3 Å². The molecule has 1 saturated heterocycles. The number of hydrogen-bond donors (Lipinski definition) is 1. The van der Waals surface area contributed by atoms with Crippen LogP contribution in [0.4, 0.5) is 11.5 Å². The van der Waals surface area contributed by atoms with E-state index in [0.717, 1.165) is 42.6 Å². The van der Waals surface area contributed by atoms with Gasteiger partial charge in [0.2, 0.25) is 0 Å². The van der Waals surface area contributed by atoms with Crippen molar-refractivity contribution in [2.45, 2.75) is 0 Å². The summed E-state index contributed by atoms with van der Waals surface area (Å²) in [6.45, 7) is 3.17. The first kappa shape index (κ1) is 16.7. The number of hydrogen-bond acceptors (Lipinski definition) is 6. The lowest BCUT2D eigenvalue weighted by molar-refractivity contribution is 0.102. The second-order valence-corrected chi connectivity index (χ2v) is 6.72. The van der Waals surface area contributed by atoms with Crippen LogP contribution in [0.2, 0.25) is 0 Å². The third kappa shape index (κ3) is 3.74. The van der Waals surface area contributed by atoms with Crippen LogP contribution in [-0.2, 0) is 4.74 Å². The second kappa shape index (κ2) is 7.63. The third-order valence-electron chi connectivity index (χ3n) is 4.12. The summed E-state index contributed by atoms with van der Waals surface area (Å²) in [6, 6.07) is 13.6. The smallest absolute Gasteiger partial charge is 0.276 e. The number of pyridine rings is 1. The topological polar surface area (TPSA) is 67.4 Å². The molecule has 1 N–H and O–H groups in total. The first-order valence-electron chi connectivity index (χ1n) is 8.41. The van der Waals surface area contributed by atoms with E-state index in [-0.39, 0.29) is 5.91 Å². The summed E-state index contributed by atoms with van der Waals surface area (Å²) in [4.78, 5) is 23.4. The molecule has 1 aromatic carbocycles. The molecule has 1 fully saturated rings. The summed E-state index contributed by atoms with van der Waals surface area (Å²) >= 11 is 1.45. The van der Waals surface area contributed by atoms with Gasteiger partial charge in [0.25, 0.3) is 5.91 Å². The minimum absolute atomic E-state index is 0.255. The highest BCUT2D eigenvalue weighted by Crippen LogP contribution is 2.24. The van der Waals surface area contributed by atoms with Crippen LogP contribution < -0.4 is 10.2 Å². The summed E-state index contributed by atoms with van der Waals surface area (Å²) in [7, 11) is 0. The van der Waals surface area contributed by atoms with E-state index in [4.69, 9.17) is 4.74 Å². The number of carbonyl (C=O) groups is 1. The Hall–Kier alpha value is -2.77. The normalized spacial score (nSPS) is 14.2. The van der Waals surface area contributed by atoms with Gasteiger partial charge in [-0.3, -0.25) is 4.79 Å². The Morgan fingerprint density at radius 2 is 1.92 bits per heavy atom. The highest BCUT2D eigenvalue weighted by Gasteiger charge is 2.14. The summed E-state index contributed by atoms with van der Waals surface area (Å²) in [6.07, 6.45) is 1.78. The van der Waals surface area contributed by atoms with E-state index in [9.17, 15) is 4.79 Å². The van der Waals surface area contributed by atoms with Crippen molar-refractivity contribution in [3.05, 3.63) is 59.7 Å². The van der Waals surface area contributed by atoms with Crippen LogP contribution in [0.1, 0.15) is 10.5 Å². The molecule has 26 heavy (non-hydrogen) atoms. The lowest BCUT2D eigenvalue weighted by Crippen LogP contribution is -2.36. The van der Waals surface area contributed by atoms with Gasteiger partial charge in [-0.05, 0) is 12.1 Å². The van der Waals surface area contributed by atoms with Crippen molar-refractivity contribution in [1.82, 2.24) is 9.97 Å². The maximum atomic E-state index is 12.4. The van der Waals surface area contributed by atoms with Crippen molar-refractivity contribution in [2.75, 3.05) is 36.5 Å². The lowest BCUT2D eigenvalue weighted by atomic mass is 10.2. The van der Waals surface area contributed by atoms with Crippen molar-refractivity contribution >= 4 is 28.7 Å². The van der Waals surface area contributed by atoms with Crippen molar-refractivity contribution in [3.8, 4) is 10.6 Å². The van der Waals surface area contributed by atoms with E-state index in [1.807, 2.05) is 42.5 Å². The van der Waals surface area contributed by atoms with Gasteiger partial charge in [-0.1, -0.05) is 30.3 Å². The van der Waals surface area contributed by atoms with Crippen LogP contribution in [0.3, 0.4) is 0 Å².